The van der Waals surface area contributed by atoms with Gasteiger partial charge < -0.3 is 28.7 Å². The van der Waals surface area contributed by atoms with E-state index in [-0.39, 0.29) is 11.6 Å². The predicted octanol–water partition coefficient (Wildman–Crippen LogP) is 3.95. The standard InChI is InChI=1S/C27H28N8O4/c1-33-23-24(37-2)22(39-21-13-30-35-8-7-28-11-20(21)35)12-29-25(23)32-27(33)31-19-10-17(16-5-6-16)14-34(26(19)36)18-4-3-9-38-15-18/h7-8,10-14,16,18H,3-6,9,15H2,1-2H3,(H,29,31,32)/t18-/m0/s1. The number of nitrogens with zero attached hydrogens (tertiary/aromatic N) is 7. The fourth-order valence-electron chi connectivity index (χ4n) is 5.20. The zero-order valence-corrected chi connectivity index (χ0v) is 21.7. The second-order valence-electron chi connectivity index (χ2n) is 10.0. The Morgan fingerprint density at radius 2 is 2.05 bits per heavy atom. The number of fused-ring (bicyclic) bond motifs is 2. The highest BCUT2D eigenvalue weighted by Gasteiger charge is 2.28. The number of imidazole rings is 1. The molecule has 0 spiro atoms. The number of methoxy groups -OCH3 is 1. The monoisotopic (exact) mass is 528 g/mol. The summed E-state index contributed by atoms with van der Waals surface area (Å²) in [5.74, 6) is 2.36. The molecule has 0 radical (unpaired) electrons. The van der Waals surface area contributed by atoms with Gasteiger partial charge in [-0.1, -0.05) is 0 Å². The molecule has 0 bridgehead atoms. The largest absolute Gasteiger partial charge is 0.491 e. The van der Waals surface area contributed by atoms with Crippen molar-refractivity contribution in [3.05, 3.63) is 59.2 Å². The Balaban J connectivity index is 1.27. The zero-order valence-electron chi connectivity index (χ0n) is 21.7. The Hall–Kier alpha value is -4.45. The Labute approximate surface area is 223 Å². The quantitative estimate of drug-likeness (QED) is 0.335. The van der Waals surface area contributed by atoms with Crippen molar-refractivity contribution < 1.29 is 14.2 Å². The van der Waals surface area contributed by atoms with Crippen molar-refractivity contribution in [2.75, 3.05) is 25.6 Å². The van der Waals surface area contributed by atoms with Gasteiger partial charge in [0.15, 0.2) is 22.9 Å². The van der Waals surface area contributed by atoms with E-state index in [1.165, 1.54) is 0 Å². The van der Waals surface area contributed by atoms with Crippen LogP contribution in [0.5, 0.6) is 17.2 Å². The van der Waals surface area contributed by atoms with Crippen molar-refractivity contribution in [1.29, 1.82) is 0 Å². The van der Waals surface area contributed by atoms with Crippen LogP contribution in [0, 0.1) is 0 Å². The molecule has 12 heteroatoms. The van der Waals surface area contributed by atoms with Gasteiger partial charge in [0.1, 0.15) is 16.7 Å². The van der Waals surface area contributed by atoms with E-state index >= 15 is 0 Å². The van der Waals surface area contributed by atoms with Crippen molar-refractivity contribution in [2.45, 2.75) is 37.6 Å². The summed E-state index contributed by atoms with van der Waals surface area (Å²) < 4.78 is 22.9. The molecule has 2 aliphatic rings. The third-order valence-electron chi connectivity index (χ3n) is 7.42. The number of nitrogens with one attached hydrogen (secondary N) is 1. The van der Waals surface area contributed by atoms with Gasteiger partial charge in [-0.15, -0.1) is 0 Å². The maximum atomic E-state index is 13.6. The Kier molecular flexibility index (Phi) is 5.69. The zero-order chi connectivity index (χ0) is 26.5. The highest BCUT2D eigenvalue weighted by molar-refractivity contribution is 5.85. The number of hydrogen-bond acceptors (Lipinski definition) is 9. The highest BCUT2D eigenvalue weighted by atomic mass is 16.5. The van der Waals surface area contributed by atoms with Gasteiger partial charge in [-0.3, -0.25) is 9.78 Å². The molecule has 0 amide bonds. The van der Waals surface area contributed by atoms with Crippen LogP contribution in [0.1, 0.15) is 43.2 Å². The molecule has 1 aliphatic heterocycles. The van der Waals surface area contributed by atoms with Crippen LogP contribution >= 0.6 is 0 Å². The average Bonchev–Trinajstić information content (AvgIpc) is 3.67. The van der Waals surface area contributed by atoms with E-state index in [9.17, 15) is 4.79 Å². The lowest BCUT2D eigenvalue weighted by Crippen LogP contribution is -2.31. The minimum Gasteiger partial charge on any atom is -0.491 e. The normalized spacial score (nSPS) is 17.5. The van der Waals surface area contributed by atoms with Crippen LogP contribution in [0.3, 0.4) is 0 Å². The Morgan fingerprint density at radius 1 is 1.15 bits per heavy atom. The first-order valence-corrected chi connectivity index (χ1v) is 13.1. The number of anilines is 2. The summed E-state index contributed by atoms with van der Waals surface area (Å²) in [7, 11) is 3.42. The molecular weight excluding hydrogens is 500 g/mol. The van der Waals surface area contributed by atoms with Gasteiger partial charge in [0.05, 0.1) is 38.3 Å². The second-order valence-corrected chi connectivity index (χ2v) is 10.0. The van der Waals surface area contributed by atoms with E-state index in [1.54, 1.807) is 42.6 Å². The fourth-order valence-corrected chi connectivity index (χ4v) is 5.20. The topological polar surface area (TPSA) is 123 Å². The van der Waals surface area contributed by atoms with Crippen molar-refractivity contribution >= 4 is 28.3 Å². The van der Waals surface area contributed by atoms with Crippen molar-refractivity contribution in [1.82, 2.24) is 33.7 Å². The van der Waals surface area contributed by atoms with Crippen molar-refractivity contribution in [3.8, 4) is 17.2 Å². The highest BCUT2D eigenvalue weighted by Crippen LogP contribution is 2.41. The van der Waals surface area contributed by atoms with Gasteiger partial charge in [0, 0.05) is 32.2 Å². The van der Waals surface area contributed by atoms with Gasteiger partial charge in [-0.05, 0) is 43.2 Å². The first-order valence-electron chi connectivity index (χ1n) is 13.1. The average molecular weight is 529 g/mol. The number of hydrogen-bond donors (Lipinski definition) is 1. The van der Waals surface area contributed by atoms with Gasteiger partial charge in [0.25, 0.3) is 5.56 Å². The summed E-state index contributed by atoms with van der Waals surface area (Å²) >= 11 is 0. The van der Waals surface area contributed by atoms with E-state index in [4.69, 9.17) is 14.2 Å². The molecule has 6 heterocycles. The lowest BCUT2D eigenvalue weighted by Gasteiger charge is -2.25. The second kappa shape index (κ2) is 9.38. The molecule has 1 saturated heterocycles. The van der Waals surface area contributed by atoms with E-state index in [0.717, 1.165) is 37.9 Å². The number of aromatic nitrogens is 7. The smallest absolute Gasteiger partial charge is 0.274 e. The van der Waals surface area contributed by atoms with E-state index in [2.05, 4.69) is 25.4 Å². The van der Waals surface area contributed by atoms with Crippen LogP contribution in [0.2, 0.25) is 0 Å². The molecule has 12 nitrogen and oxygen atoms in total. The molecule has 1 aliphatic carbocycles. The van der Waals surface area contributed by atoms with Gasteiger partial charge >= 0.3 is 0 Å². The maximum absolute atomic E-state index is 13.6. The maximum Gasteiger partial charge on any atom is 0.274 e. The summed E-state index contributed by atoms with van der Waals surface area (Å²) in [5.41, 5.74) is 3.36. The molecule has 0 unspecified atom stereocenters. The third kappa shape index (κ3) is 4.16. The third-order valence-corrected chi connectivity index (χ3v) is 7.42. The Bertz CT molecular complexity index is 1750. The summed E-state index contributed by atoms with van der Waals surface area (Å²) in [4.78, 5) is 27.0. The van der Waals surface area contributed by atoms with Gasteiger partial charge in [0.2, 0.25) is 5.95 Å². The fraction of sp³-hybridized carbons (Fsp3) is 0.370. The first-order chi connectivity index (χ1) is 19.1. The van der Waals surface area contributed by atoms with E-state index in [0.29, 0.717) is 58.1 Å². The molecule has 200 valence electrons. The van der Waals surface area contributed by atoms with Crippen molar-refractivity contribution in [3.63, 3.8) is 0 Å². The molecule has 2 fully saturated rings. The summed E-state index contributed by atoms with van der Waals surface area (Å²) in [6.07, 6.45) is 14.4. The predicted molar refractivity (Wildman–Crippen MR) is 143 cm³/mol. The SMILES string of the molecule is COc1c(Oc2cnn3ccncc23)cnc2nc(Nc3cc(C4CC4)cn([C@H]4CCCOC4)c3=O)n(C)c12. The first kappa shape index (κ1) is 23.7. The number of ether oxygens (including phenoxy) is 3. The molecule has 1 N–H and O–H groups in total. The summed E-state index contributed by atoms with van der Waals surface area (Å²) in [5, 5.41) is 7.59. The molecule has 7 rings (SSSR count). The molecule has 5 aromatic rings. The molecule has 0 aromatic carbocycles. The molecule has 1 saturated carbocycles. The van der Waals surface area contributed by atoms with E-state index in [1.807, 2.05) is 28.4 Å². The number of pyridine rings is 2. The van der Waals surface area contributed by atoms with Crippen LogP contribution in [0.4, 0.5) is 11.6 Å². The van der Waals surface area contributed by atoms with Gasteiger partial charge in [-0.25, -0.2) is 9.50 Å². The number of rotatable bonds is 7. The minimum absolute atomic E-state index is 0.0301. The van der Waals surface area contributed by atoms with Crippen LogP contribution in [0.25, 0.3) is 16.7 Å². The summed E-state index contributed by atoms with van der Waals surface area (Å²) in [6.45, 7) is 1.29. The van der Waals surface area contributed by atoms with Crippen molar-refractivity contribution in [2.24, 2.45) is 7.05 Å². The number of aryl methyl sites for hydroxylation is 1. The van der Waals surface area contributed by atoms with Crippen LogP contribution in [0.15, 0.2) is 48.0 Å². The lowest BCUT2D eigenvalue weighted by molar-refractivity contribution is 0.0580. The molecule has 5 aromatic heterocycles. The summed E-state index contributed by atoms with van der Waals surface area (Å²) in [6, 6.07) is 1.99. The van der Waals surface area contributed by atoms with Crippen LogP contribution in [-0.4, -0.2) is 54.0 Å². The Morgan fingerprint density at radius 3 is 2.85 bits per heavy atom. The van der Waals surface area contributed by atoms with E-state index < -0.39 is 0 Å². The molecule has 1 atom stereocenters. The minimum atomic E-state index is -0.0902. The molecular formula is C27H28N8O4. The van der Waals surface area contributed by atoms with Crippen LogP contribution < -0.4 is 20.3 Å². The lowest BCUT2D eigenvalue weighted by atomic mass is 10.1. The molecule has 39 heavy (non-hydrogen) atoms. The van der Waals surface area contributed by atoms with Gasteiger partial charge in [-0.2, -0.15) is 10.1 Å². The van der Waals surface area contributed by atoms with Crippen LogP contribution in [-0.2, 0) is 11.8 Å².